The average molecular weight is 474 g/mol. The molecule has 0 atom stereocenters. The van der Waals surface area contributed by atoms with E-state index in [1.165, 1.54) is 12.0 Å². The van der Waals surface area contributed by atoms with Gasteiger partial charge in [-0.05, 0) is 67.1 Å². The number of ether oxygens (including phenoxy) is 2. The fraction of sp³-hybridized carbons (Fsp3) is 0.148. The normalized spacial score (nSPS) is 14.6. The molecule has 3 aromatic carbocycles. The molecule has 0 aromatic heterocycles. The van der Waals surface area contributed by atoms with Gasteiger partial charge in [0.1, 0.15) is 0 Å². The van der Waals surface area contributed by atoms with E-state index in [1.807, 2.05) is 50.2 Å². The van der Waals surface area contributed by atoms with Gasteiger partial charge in [0.05, 0.1) is 24.1 Å². The number of rotatable bonds is 6. The van der Waals surface area contributed by atoms with Gasteiger partial charge in [-0.1, -0.05) is 53.6 Å². The van der Waals surface area contributed by atoms with Crippen molar-refractivity contribution < 1.29 is 23.9 Å². The topological polar surface area (TPSA) is 72.9 Å². The van der Waals surface area contributed by atoms with Crippen LogP contribution in [0.15, 0.2) is 71.6 Å². The number of imide groups is 1. The number of carbonyl (C=O) groups excluding carboxylic acids is 3. The van der Waals surface area contributed by atoms with Crippen LogP contribution in [-0.2, 0) is 11.3 Å². The highest BCUT2D eigenvalue weighted by atomic mass is 32.2. The minimum absolute atomic E-state index is 0.213. The molecule has 0 N–H and O–H groups in total. The molecule has 0 bridgehead atoms. The Hall–Kier alpha value is -3.84. The smallest absolute Gasteiger partial charge is 0.343 e. The number of aryl methyl sites for hydroxylation is 2. The average Bonchev–Trinajstić information content (AvgIpc) is 3.08. The highest BCUT2D eigenvalue weighted by Crippen LogP contribution is 2.35. The van der Waals surface area contributed by atoms with Crippen molar-refractivity contribution in [2.45, 2.75) is 20.4 Å². The first-order chi connectivity index (χ1) is 16.3. The zero-order valence-electron chi connectivity index (χ0n) is 19.0. The third-order valence-electron chi connectivity index (χ3n) is 5.31. The first-order valence-electron chi connectivity index (χ1n) is 10.6. The molecule has 172 valence electrons. The molecule has 0 radical (unpaired) electrons. The van der Waals surface area contributed by atoms with E-state index in [0.29, 0.717) is 21.8 Å². The van der Waals surface area contributed by atoms with Crippen LogP contribution in [0.5, 0.6) is 11.5 Å². The van der Waals surface area contributed by atoms with E-state index in [1.54, 1.807) is 36.4 Å². The van der Waals surface area contributed by atoms with Gasteiger partial charge in [-0.15, -0.1) is 0 Å². The van der Waals surface area contributed by atoms with E-state index >= 15 is 0 Å². The zero-order chi connectivity index (χ0) is 24.2. The number of esters is 1. The van der Waals surface area contributed by atoms with Crippen molar-refractivity contribution in [1.82, 2.24) is 4.90 Å². The summed E-state index contributed by atoms with van der Waals surface area (Å²) in [6, 6.07) is 19.7. The fourth-order valence-electron chi connectivity index (χ4n) is 3.38. The first kappa shape index (κ1) is 23.3. The van der Waals surface area contributed by atoms with Gasteiger partial charge < -0.3 is 9.47 Å². The molecule has 6 nitrogen and oxygen atoms in total. The Morgan fingerprint density at radius 3 is 2.21 bits per heavy atom. The highest BCUT2D eigenvalue weighted by Gasteiger charge is 2.35. The molecule has 1 fully saturated rings. The molecule has 1 aliphatic rings. The van der Waals surface area contributed by atoms with Gasteiger partial charge in [0.15, 0.2) is 11.5 Å². The summed E-state index contributed by atoms with van der Waals surface area (Å²) in [7, 11) is 1.48. The van der Waals surface area contributed by atoms with Gasteiger partial charge in [0, 0.05) is 0 Å². The molecule has 1 aliphatic heterocycles. The van der Waals surface area contributed by atoms with Crippen LogP contribution in [0.1, 0.15) is 32.6 Å². The molecule has 7 heteroatoms. The maximum Gasteiger partial charge on any atom is 0.343 e. The van der Waals surface area contributed by atoms with Gasteiger partial charge in [-0.25, -0.2) is 4.79 Å². The van der Waals surface area contributed by atoms with Crippen molar-refractivity contribution in [3.63, 3.8) is 0 Å². The van der Waals surface area contributed by atoms with Crippen LogP contribution in [0.2, 0.25) is 0 Å². The summed E-state index contributed by atoms with van der Waals surface area (Å²) in [6.07, 6.45) is 1.61. The van der Waals surface area contributed by atoms with Crippen molar-refractivity contribution in [3.8, 4) is 11.5 Å². The largest absolute Gasteiger partial charge is 0.493 e. The Morgan fingerprint density at radius 2 is 1.56 bits per heavy atom. The second kappa shape index (κ2) is 9.97. The van der Waals surface area contributed by atoms with Gasteiger partial charge in [0.25, 0.3) is 11.1 Å². The highest BCUT2D eigenvalue weighted by molar-refractivity contribution is 8.18. The number of benzene rings is 3. The Kier molecular flexibility index (Phi) is 6.84. The summed E-state index contributed by atoms with van der Waals surface area (Å²) in [5, 5.41) is -0.323. The Bertz CT molecular complexity index is 1280. The second-order valence-corrected chi connectivity index (χ2v) is 8.91. The standard InChI is InChI=1S/C27H23NO5S/c1-17-4-8-19(9-5-17)16-28-25(29)24(34-27(28)31)15-20-10-13-22(32-3)23(14-20)33-26(30)21-11-6-18(2)7-12-21/h4-15H,16H2,1-3H3/b24-15-. The van der Waals surface area contributed by atoms with Crippen molar-refractivity contribution in [2.24, 2.45) is 0 Å². The molecule has 0 saturated carbocycles. The molecular formula is C27H23NO5S. The minimum Gasteiger partial charge on any atom is -0.493 e. The molecule has 34 heavy (non-hydrogen) atoms. The van der Waals surface area contributed by atoms with E-state index in [2.05, 4.69) is 0 Å². The number of amides is 2. The SMILES string of the molecule is COc1ccc(/C=C2\SC(=O)N(Cc3ccc(C)cc3)C2=O)cc1OC(=O)c1ccc(C)cc1. The lowest BCUT2D eigenvalue weighted by Crippen LogP contribution is -2.27. The van der Waals surface area contributed by atoms with Crippen molar-refractivity contribution >= 4 is 35.0 Å². The van der Waals surface area contributed by atoms with Crippen molar-refractivity contribution in [1.29, 1.82) is 0 Å². The number of nitrogens with zero attached hydrogens (tertiary/aromatic N) is 1. The Morgan fingerprint density at radius 1 is 0.912 bits per heavy atom. The van der Waals surface area contributed by atoms with E-state index in [0.717, 1.165) is 28.5 Å². The third kappa shape index (κ3) is 5.21. The fourth-order valence-corrected chi connectivity index (χ4v) is 4.21. The summed E-state index contributed by atoms with van der Waals surface area (Å²) in [5.74, 6) is -0.274. The Balaban J connectivity index is 1.54. The van der Waals surface area contributed by atoms with Crippen LogP contribution in [0.3, 0.4) is 0 Å². The maximum atomic E-state index is 12.9. The summed E-state index contributed by atoms with van der Waals surface area (Å²) < 4.78 is 10.9. The Labute approximate surface area is 202 Å². The first-order valence-corrected chi connectivity index (χ1v) is 11.4. The van der Waals surface area contributed by atoms with Crippen LogP contribution in [-0.4, -0.2) is 29.1 Å². The zero-order valence-corrected chi connectivity index (χ0v) is 19.8. The van der Waals surface area contributed by atoms with Crippen LogP contribution in [0, 0.1) is 13.8 Å². The van der Waals surface area contributed by atoms with E-state index in [-0.39, 0.29) is 23.4 Å². The van der Waals surface area contributed by atoms with Crippen LogP contribution >= 0.6 is 11.8 Å². The van der Waals surface area contributed by atoms with E-state index < -0.39 is 5.97 Å². The number of hydrogen-bond acceptors (Lipinski definition) is 6. The monoisotopic (exact) mass is 473 g/mol. The lowest BCUT2D eigenvalue weighted by molar-refractivity contribution is -0.123. The molecular weight excluding hydrogens is 450 g/mol. The summed E-state index contributed by atoms with van der Waals surface area (Å²) in [4.78, 5) is 39.5. The quantitative estimate of drug-likeness (QED) is 0.257. The summed E-state index contributed by atoms with van der Waals surface area (Å²) in [6.45, 7) is 4.13. The molecule has 1 heterocycles. The van der Waals surface area contributed by atoms with E-state index in [4.69, 9.17) is 9.47 Å². The number of thioether (sulfide) groups is 1. The molecule has 2 amide bonds. The third-order valence-corrected chi connectivity index (χ3v) is 6.22. The van der Waals surface area contributed by atoms with Crippen molar-refractivity contribution in [2.75, 3.05) is 7.11 Å². The summed E-state index contributed by atoms with van der Waals surface area (Å²) >= 11 is 0.886. The molecule has 4 rings (SSSR count). The van der Waals surface area contributed by atoms with Gasteiger partial charge in [-0.2, -0.15) is 0 Å². The number of carbonyl (C=O) groups is 3. The van der Waals surface area contributed by atoms with Crippen molar-refractivity contribution in [3.05, 3.63) is 99.5 Å². The van der Waals surface area contributed by atoms with Gasteiger partial charge in [0.2, 0.25) is 0 Å². The van der Waals surface area contributed by atoms with Crippen LogP contribution in [0.4, 0.5) is 4.79 Å². The molecule has 1 saturated heterocycles. The second-order valence-electron chi connectivity index (χ2n) is 7.92. The molecule has 3 aromatic rings. The number of methoxy groups -OCH3 is 1. The lowest BCUT2D eigenvalue weighted by atomic mass is 10.1. The predicted molar refractivity (Wildman–Crippen MR) is 132 cm³/mol. The number of hydrogen-bond donors (Lipinski definition) is 0. The minimum atomic E-state index is -0.520. The van der Waals surface area contributed by atoms with Crippen LogP contribution in [0.25, 0.3) is 6.08 Å². The van der Waals surface area contributed by atoms with Gasteiger partial charge >= 0.3 is 5.97 Å². The predicted octanol–water partition coefficient (Wildman–Crippen LogP) is 5.77. The maximum absolute atomic E-state index is 12.9. The molecule has 0 aliphatic carbocycles. The van der Waals surface area contributed by atoms with E-state index in [9.17, 15) is 14.4 Å². The lowest BCUT2D eigenvalue weighted by Gasteiger charge is -2.12. The molecule has 0 spiro atoms. The van der Waals surface area contributed by atoms with Gasteiger partial charge in [-0.3, -0.25) is 14.5 Å². The molecule has 0 unspecified atom stereocenters. The van der Waals surface area contributed by atoms with Crippen LogP contribution < -0.4 is 9.47 Å². The summed E-state index contributed by atoms with van der Waals surface area (Å²) in [5.41, 5.74) is 4.04.